The minimum absolute atomic E-state index is 0.0662. The molecule has 1 N–H and O–H groups in total. The van der Waals surface area contributed by atoms with Gasteiger partial charge in [-0.15, -0.1) is 0 Å². The van der Waals surface area contributed by atoms with Crippen LogP contribution in [0.1, 0.15) is 35.1 Å². The summed E-state index contributed by atoms with van der Waals surface area (Å²) in [5, 5.41) is 2.87. The molecule has 5 nitrogen and oxygen atoms in total. The average Bonchev–Trinajstić information content (AvgIpc) is 3.01. The van der Waals surface area contributed by atoms with Gasteiger partial charge in [-0.1, -0.05) is 48.5 Å². The van der Waals surface area contributed by atoms with Crippen molar-refractivity contribution < 1.29 is 22.8 Å². The zero-order valence-corrected chi connectivity index (χ0v) is 18.1. The Bertz CT molecular complexity index is 1020. The normalized spacial score (nSPS) is 24.7. The Morgan fingerprint density at radius 3 is 2.41 bits per heavy atom. The van der Waals surface area contributed by atoms with Crippen molar-refractivity contribution in [2.75, 3.05) is 19.8 Å². The van der Waals surface area contributed by atoms with Crippen LogP contribution in [-0.2, 0) is 10.3 Å². The standard InChI is InChI=1S/C24H26F3N3O2/c1-16-10-11-19(13-17(16)2)23(18-7-4-3-5-8-18)21(31)30(22(32)28-23)15-29-12-6-9-20(14-29)24(25,26)27/h3-5,7-8,10-11,13,20H,6,9,12,14-15H2,1-2H3,(H,28,32)/t20-,23+/m0/s1. The van der Waals surface area contributed by atoms with Gasteiger partial charge in [0, 0.05) is 6.54 Å². The van der Waals surface area contributed by atoms with Crippen LogP contribution in [0, 0.1) is 19.8 Å². The maximum atomic E-state index is 13.8. The number of carbonyl (C=O) groups is 2. The molecule has 2 fully saturated rings. The molecule has 0 aromatic heterocycles. The van der Waals surface area contributed by atoms with E-state index < -0.39 is 29.6 Å². The number of halogens is 3. The Morgan fingerprint density at radius 2 is 1.75 bits per heavy atom. The van der Waals surface area contributed by atoms with Crippen molar-refractivity contribution in [1.82, 2.24) is 15.1 Å². The zero-order chi connectivity index (χ0) is 23.1. The predicted octanol–water partition coefficient (Wildman–Crippen LogP) is 4.33. The molecule has 3 amide bonds. The summed E-state index contributed by atoms with van der Waals surface area (Å²) in [6, 6.07) is 13.9. The summed E-state index contributed by atoms with van der Waals surface area (Å²) in [7, 11) is 0. The van der Waals surface area contributed by atoms with Crippen molar-refractivity contribution in [3.8, 4) is 0 Å². The highest BCUT2D eigenvalue weighted by Crippen LogP contribution is 2.38. The van der Waals surface area contributed by atoms with Crippen LogP contribution in [0.25, 0.3) is 0 Å². The monoisotopic (exact) mass is 445 g/mol. The van der Waals surface area contributed by atoms with E-state index in [2.05, 4.69) is 5.32 Å². The molecule has 2 aromatic carbocycles. The van der Waals surface area contributed by atoms with E-state index in [4.69, 9.17) is 0 Å². The highest BCUT2D eigenvalue weighted by atomic mass is 19.4. The Morgan fingerprint density at radius 1 is 1.03 bits per heavy atom. The molecule has 32 heavy (non-hydrogen) atoms. The van der Waals surface area contributed by atoms with Gasteiger partial charge in [0.2, 0.25) is 0 Å². The van der Waals surface area contributed by atoms with Crippen molar-refractivity contribution in [3.05, 3.63) is 70.8 Å². The lowest BCUT2D eigenvalue weighted by Gasteiger charge is -2.35. The SMILES string of the molecule is Cc1ccc([C@@]2(c3ccccc3)NC(=O)N(CN3CCC[C@H](C(F)(F)F)C3)C2=O)cc1C. The van der Waals surface area contributed by atoms with Gasteiger partial charge in [0.25, 0.3) is 5.91 Å². The van der Waals surface area contributed by atoms with Gasteiger partial charge >= 0.3 is 12.2 Å². The van der Waals surface area contributed by atoms with E-state index in [1.807, 2.05) is 38.1 Å². The number of alkyl halides is 3. The first kappa shape index (κ1) is 22.3. The van der Waals surface area contributed by atoms with E-state index in [9.17, 15) is 22.8 Å². The van der Waals surface area contributed by atoms with Crippen molar-refractivity contribution in [2.45, 2.75) is 38.4 Å². The summed E-state index contributed by atoms with van der Waals surface area (Å²) < 4.78 is 39.7. The third-order valence-corrected chi connectivity index (χ3v) is 6.56. The third kappa shape index (κ3) is 3.88. The average molecular weight is 445 g/mol. The fourth-order valence-corrected chi connectivity index (χ4v) is 4.58. The second kappa shape index (κ2) is 8.24. The molecule has 0 bridgehead atoms. The Kier molecular flexibility index (Phi) is 5.75. The van der Waals surface area contributed by atoms with Crippen LogP contribution >= 0.6 is 0 Å². The molecule has 2 aliphatic heterocycles. The van der Waals surface area contributed by atoms with E-state index >= 15 is 0 Å². The van der Waals surface area contributed by atoms with Gasteiger partial charge in [-0.05, 0) is 55.5 Å². The molecule has 2 aliphatic rings. The number of nitrogens with zero attached hydrogens (tertiary/aromatic N) is 2. The molecule has 2 heterocycles. The maximum Gasteiger partial charge on any atom is 0.393 e. The largest absolute Gasteiger partial charge is 0.393 e. The number of benzene rings is 2. The molecule has 0 aliphatic carbocycles. The molecule has 0 radical (unpaired) electrons. The van der Waals surface area contributed by atoms with Crippen molar-refractivity contribution >= 4 is 11.9 Å². The van der Waals surface area contributed by atoms with Crippen molar-refractivity contribution in [1.29, 1.82) is 0 Å². The van der Waals surface area contributed by atoms with Crippen LogP contribution < -0.4 is 5.32 Å². The topological polar surface area (TPSA) is 52.7 Å². The summed E-state index contributed by atoms with van der Waals surface area (Å²) in [5.41, 5.74) is 1.84. The third-order valence-electron chi connectivity index (χ3n) is 6.56. The van der Waals surface area contributed by atoms with Crippen molar-refractivity contribution in [3.63, 3.8) is 0 Å². The molecule has 2 atom stereocenters. The molecule has 2 saturated heterocycles. The number of carbonyl (C=O) groups excluding carboxylic acids is 2. The Balaban J connectivity index is 1.69. The second-order valence-corrected chi connectivity index (χ2v) is 8.68. The first-order valence-corrected chi connectivity index (χ1v) is 10.7. The van der Waals surface area contributed by atoms with E-state index in [0.717, 1.165) is 16.0 Å². The number of aryl methyl sites for hydroxylation is 2. The number of urea groups is 1. The van der Waals surface area contributed by atoms with E-state index in [1.54, 1.807) is 29.2 Å². The number of rotatable bonds is 4. The lowest BCUT2D eigenvalue weighted by Crippen LogP contribution is -2.49. The molecule has 170 valence electrons. The number of likely N-dealkylation sites (tertiary alicyclic amines) is 1. The molecule has 0 spiro atoms. The summed E-state index contributed by atoms with van der Waals surface area (Å²) >= 11 is 0. The van der Waals surface area contributed by atoms with Crippen molar-refractivity contribution in [2.24, 2.45) is 5.92 Å². The molecule has 0 unspecified atom stereocenters. The van der Waals surface area contributed by atoms with Gasteiger partial charge in [-0.3, -0.25) is 9.69 Å². The molecular formula is C24H26F3N3O2. The fourth-order valence-electron chi connectivity index (χ4n) is 4.58. The van der Waals surface area contributed by atoms with Crippen LogP contribution in [0.15, 0.2) is 48.5 Å². The first-order chi connectivity index (χ1) is 15.1. The van der Waals surface area contributed by atoms with E-state index in [-0.39, 0.29) is 19.6 Å². The van der Waals surface area contributed by atoms with Gasteiger partial charge in [0.15, 0.2) is 5.54 Å². The van der Waals surface area contributed by atoms with Gasteiger partial charge in [0.05, 0.1) is 12.6 Å². The number of piperidine rings is 1. The summed E-state index contributed by atoms with van der Waals surface area (Å²) in [4.78, 5) is 29.4. The quantitative estimate of drug-likeness (QED) is 0.713. The Labute approximate surface area is 185 Å². The van der Waals surface area contributed by atoms with Gasteiger partial charge in [0.1, 0.15) is 0 Å². The first-order valence-electron chi connectivity index (χ1n) is 10.7. The second-order valence-electron chi connectivity index (χ2n) is 8.68. The highest BCUT2D eigenvalue weighted by molar-refractivity contribution is 6.09. The summed E-state index contributed by atoms with van der Waals surface area (Å²) in [6.07, 6.45) is -3.85. The smallest absolute Gasteiger partial charge is 0.315 e. The van der Waals surface area contributed by atoms with E-state index in [1.165, 1.54) is 0 Å². The van der Waals surface area contributed by atoms with Gasteiger partial charge < -0.3 is 5.32 Å². The number of amides is 3. The van der Waals surface area contributed by atoms with E-state index in [0.29, 0.717) is 24.1 Å². The molecule has 2 aromatic rings. The minimum atomic E-state index is -4.29. The number of hydrogen-bond acceptors (Lipinski definition) is 3. The lowest BCUT2D eigenvalue weighted by molar-refractivity contribution is -0.187. The Hall–Kier alpha value is -2.87. The van der Waals surface area contributed by atoms with Crippen LogP contribution in [0.2, 0.25) is 0 Å². The zero-order valence-electron chi connectivity index (χ0n) is 18.1. The van der Waals surface area contributed by atoms with Gasteiger partial charge in [-0.25, -0.2) is 9.69 Å². The van der Waals surface area contributed by atoms with Crippen LogP contribution in [0.3, 0.4) is 0 Å². The molecule has 8 heteroatoms. The van der Waals surface area contributed by atoms with Gasteiger partial charge in [-0.2, -0.15) is 13.2 Å². The number of hydrogen-bond donors (Lipinski definition) is 1. The molecular weight excluding hydrogens is 419 g/mol. The highest BCUT2D eigenvalue weighted by Gasteiger charge is 2.54. The number of nitrogens with one attached hydrogen (secondary N) is 1. The maximum absolute atomic E-state index is 13.8. The summed E-state index contributed by atoms with van der Waals surface area (Å²) in [6.45, 7) is 3.91. The van der Waals surface area contributed by atoms with Crippen LogP contribution in [-0.4, -0.2) is 47.7 Å². The lowest BCUT2D eigenvalue weighted by atomic mass is 9.81. The molecule has 0 saturated carbocycles. The van der Waals surface area contributed by atoms with Crippen LogP contribution in [0.4, 0.5) is 18.0 Å². The number of imide groups is 1. The predicted molar refractivity (Wildman–Crippen MR) is 114 cm³/mol. The summed E-state index contributed by atoms with van der Waals surface area (Å²) in [5.74, 6) is -1.93. The fraction of sp³-hybridized carbons (Fsp3) is 0.417. The van der Waals surface area contributed by atoms with Crippen LogP contribution in [0.5, 0.6) is 0 Å². The molecule has 4 rings (SSSR count). The minimum Gasteiger partial charge on any atom is -0.315 e.